The summed E-state index contributed by atoms with van der Waals surface area (Å²) in [5.41, 5.74) is 2.85. The van der Waals surface area contributed by atoms with E-state index in [1.54, 1.807) is 0 Å². The predicted molar refractivity (Wildman–Crippen MR) is 122 cm³/mol. The van der Waals surface area contributed by atoms with Gasteiger partial charge in [-0.2, -0.15) is 0 Å². The number of benzene rings is 2. The van der Waals surface area contributed by atoms with Gasteiger partial charge < -0.3 is 14.3 Å². The summed E-state index contributed by atoms with van der Waals surface area (Å²) in [4.78, 5) is 12.3. The fourth-order valence-corrected chi connectivity index (χ4v) is 4.68. The highest BCUT2D eigenvalue weighted by Crippen LogP contribution is 2.38. The Morgan fingerprint density at radius 3 is 2.10 bits per heavy atom. The lowest BCUT2D eigenvalue weighted by Gasteiger charge is -2.47. The van der Waals surface area contributed by atoms with Gasteiger partial charge in [0.15, 0.2) is 6.54 Å². The molecule has 0 radical (unpaired) electrons. The van der Waals surface area contributed by atoms with Gasteiger partial charge in [-0.25, -0.2) is 4.79 Å². The Labute approximate surface area is 182 Å². The van der Waals surface area contributed by atoms with Gasteiger partial charge in [-0.05, 0) is 45.7 Å². The summed E-state index contributed by atoms with van der Waals surface area (Å²) in [6.07, 6.45) is 0.727. The normalized spacial score (nSPS) is 14.0. The van der Waals surface area contributed by atoms with Crippen LogP contribution in [-0.2, 0) is 14.9 Å². The van der Waals surface area contributed by atoms with Crippen LogP contribution in [0.1, 0.15) is 50.8 Å². The number of carbonyl (C=O) groups is 1. The Morgan fingerprint density at radius 1 is 1.00 bits per heavy atom. The minimum atomic E-state index is -0.531. The van der Waals surface area contributed by atoms with Crippen molar-refractivity contribution >= 4 is 5.97 Å². The summed E-state index contributed by atoms with van der Waals surface area (Å²) < 4.78 is 5.66. The van der Waals surface area contributed by atoms with Crippen LogP contribution in [0.4, 0.5) is 0 Å². The van der Waals surface area contributed by atoms with E-state index >= 15 is 0 Å². The second kappa shape index (κ2) is 10.2. The lowest BCUT2D eigenvalue weighted by molar-refractivity contribution is -0.960. The third-order valence-electron chi connectivity index (χ3n) is 6.83. The van der Waals surface area contributed by atoms with Crippen molar-refractivity contribution in [2.75, 3.05) is 26.8 Å². The average Bonchev–Trinajstić information content (AvgIpc) is 2.73. The number of hydrogen-bond donors (Lipinski definition) is 1. The largest absolute Gasteiger partial charge is 0.465 e. The van der Waals surface area contributed by atoms with E-state index in [0.717, 1.165) is 24.1 Å². The molecule has 4 nitrogen and oxygen atoms in total. The van der Waals surface area contributed by atoms with E-state index in [-0.39, 0.29) is 24.7 Å². The maximum absolute atomic E-state index is 12.3. The zero-order valence-corrected chi connectivity index (χ0v) is 19.4. The van der Waals surface area contributed by atoms with Crippen LogP contribution in [0.2, 0.25) is 0 Å². The van der Waals surface area contributed by atoms with E-state index < -0.39 is 5.41 Å². The maximum atomic E-state index is 12.3. The van der Waals surface area contributed by atoms with Crippen LogP contribution in [0.25, 0.3) is 0 Å². The molecule has 1 atom stereocenters. The van der Waals surface area contributed by atoms with E-state index in [2.05, 4.69) is 71.0 Å². The van der Waals surface area contributed by atoms with Gasteiger partial charge in [-0.1, -0.05) is 60.2 Å². The minimum Gasteiger partial charge on any atom is -0.465 e. The number of carbonyl (C=O) groups excluding carboxylic acids is 1. The van der Waals surface area contributed by atoms with E-state index in [0.29, 0.717) is 11.0 Å². The molecule has 0 aliphatic carbocycles. The number of aryl methyl sites for hydroxylation is 1. The lowest BCUT2D eigenvalue weighted by Crippen LogP contribution is -2.61. The van der Waals surface area contributed by atoms with Gasteiger partial charge in [0, 0.05) is 11.8 Å². The van der Waals surface area contributed by atoms with Crippen LogP contribution in [0.3, 0.4) is 0 Å². The van der Waals surface area contributed by atoms with Gasteiger partial charge in [0.1, 0.15) is 0 Å². The zero-order valence-electron chi connectivity index (χ0n) is 19.4. The molecule has 0 heterocycles. The molecule has 0 saturated heterocycles. The monoisotopic (exact) mass is 412 g/mol. The molecular weight excluding hydrogens is 374 g/mol. The predicted octanol–water partition coefficient (Wildman–Crippen LogP) is 4.47. The number of methoxy groups -OCH3 is 1. The van der Waals surface area contributed by atoms with Crippen LogP contribution in [-0.4, -0.2) is 54.4 Å². The molecular formula is C26H38NO3+. The first-order valence-electron chi connectivity index (χ1n) is 10.9. The fraction of sp³-hybridized carbons (Fsp3) is 0.500. The molecule has 0 aliphatic heterocycles. The molecule has 0 saturated carbocycles. The number of aliphatic hydroxyl groups excluding tert-OH is 1. The number of aliphatic hydroxyl groups is 1. The highest BCUT2D eigenvalue weighted by atomic mass is 16.5. The van der Waals surface area contributed by atoms with Gasteiger partial charge in [0.05, 0.1) is 32.3 Å². The molecule has 2 aromatic rings. The molecule has 2 rings (SSSR count). The van der Waals surface area contributed by atoms with Gasteiger partial charge in [-0.3, -0.25) is 0 Å². The number of hydrogen-bond acceptors (Lipinski definition) is 3. The SMILES string of the molecule is COC(=O)C[N+](CCC(CO)(c1ccccc1)c1cccc(C)c1)(C(C)C)C(C)C. The van der Waals surface area contributed by atoms with Crippen LogP contribution < -0.4 is 0 Å². The Hall–Kier alpha value is -2.17. The molecule has 164 valence electrons. The summed E-state index contributed by atoms with van der Waals surface area (Å²) in [5, 5.41) is 10.8. The van der Waals surface area contributed by atoms with Crippen molar-refractivity contribution in [3.63, 3.8) is 0 Å². The number of esters is 1. The molecule has 0 amide bonds. The Balaban J connectivity index is 2.55. The summed E-state index contributed by atoms with van der Waals surface area (Å²) in [6.45, 7) is 11.8. The van der Waals surface area contributed by atoms with Gasteiger partial charge in [0.2, 0.25) is 0 Å². The standard InChI is InChI=1S/C26H38NO3/c1-20(2)27(21(3)4,18-25(29)30-6)16-15-26(19-28,23-12-8-7-9-13-23)24-14-10-11-22(5)17-24/h7-14,17,20-21,28H,15-16,18-19H2,1-6H3/q+1. The molecule has 30 heavy (non-hydrogen) atoms. The van der Waals surface area contributed by atoms with E-state index in [1.807, 2.05) is 18.2 Å². The molecule has 1 unspecified atom stereocenters. The summed E-state index contributed by atoms with van der Waals surface area (Å²) >= 11 is 0. The van der Waals surface area contributed by atoms with Crippen molar-refractivity contribution < 1.29 is 19.1 Å². The maximum Gasteiger partial charge on any atom is 0.361 e. The summed E-state index contributed by atoms with van der Waals surface area (Å²) in [6, 6.07) is 19.1. The highest BCUT2D eigenvalue weighted by molar-refractivity contribution is 5.70. The second-order valence-corrected chi connectivity index (χ2v) is 8.97. The van der Waals surface area contributed by atoms with Gasteiger partial charge >= 0.3 is 5.97 Å². The second-order valence-electron chi connectivity index (χ2n) is 8.97. The molecule has 0 bridgehead atoms. The van der Waals surface area contributed by atoms with Crippen molar-refractivity contribution in [2.45, 2.75) is 58.5 Å². The Morgan fingerprint density at radius 2 is 1.60 bits per heavy atom. The van der Waals surface area contributed by atoms with E-state index in [4.69, 9.17) is 4.74 Å². The number of nitrogens with zero attached hydrogens (tertiary/aromatic N) is 1. The van der Waals surface area contributed by atoms with Crippen LogP contribution >= 0.6 is 0 Å². The highest BCUT2D eigenvalue weighted by Gasteiger charge is 2.42. The number of quaternary nitrogens is 1. The van der Waals surface area contributed by atoms with Crippen molar-refractivity contribution in [1.29, 1.82) is 0 Å². The first kappa shape index (κ1) is 24.1. The first-order chi connectivity index (χ1) is 14.2. The number of rotatable bonds is 10. The van der Waals surface area contributed by atoms with Gasteiger partial charge in [0.25, 0.3) is 0 Å². The van der Waals surface area contributed by atoms with Gasteiger partial charge in [-0.15, -0.1) is 0 Å². The van der Waals surface area contributed by atoms with Crippen LogP contribution in [0.15, 0.2) is 54.6 Å². The topological polar surface area (TPSA) is 46.5 Å². The first-order valence-corrected chi connectivity index (χ1v) is 10.9. The molecule has 0 aliphatic rings. The Kier molecular flexibility index (Phi) is 8.22. The third-order valence-corrected chi connectivity index (χ3v) is 6.83. The molecule has 0 fully saturated rings. The number of ether oxygens (including phenoxy) is 1. The van der Waals surface area contributed by atoms with E-state index in [1.165, 1.54) is 12.7 Å². The van der Waals surface area contributed by atoms with Crippen molar-refractivity contribution in [2.24, 2.45) is 0 Å². The zero-order chi connectivity index (χ0) is 22.4. The summed E-state index contributed by atoms with van der Waals surface area (Å²) in [5.74, 6) is -0.192. The molecule has 0 aromatic heterocycles. The smallest absolute Gasteiger partial charge is 0.361 e. The van der Waals surface area contributed by atoms with Crippen molar-refractivity contribution in [3.05, 3.63) is 71.3 Å². The molecule has 1 N–H and O–H groups in total. The third kappa shape index (κ3) is 4.93. The minimum absolute atomic E-state index is 0.00881. The van der Waals surface area contributed by atoms with Crippen LogP contribution in [0.5, 0.6) is 0 Å². The molecule has 2 aromatic carbocycles. The van der Waals surface area contributed by atoms with Crippen LogP contribution in [0, 0.1) is 6.92 Å². The lowest BCUT2D eigenvalue weighted by atomic mass is 9.72. The van der Waals surface area contributed by atoms with Crippen molar-refractivity contribution in [3.8, 4) is 0 Å². The molecule has 0 spiro atoms. The Bertz CT molecular complexity index is 808. The van der Waals surface area contributed by atoms with Crippen molar-refractivity contribution in [1.82, 2.24) is 0 Å². The quantitative estimate of drug-likeness (QED) is 0.463. The van der Waals surface area contributed by atoms with E-state index in [9.17, 15) is 9.90 Å². The fourth-order valence-electron chi connectivity index (χ4n) is 4.68. The summed E-state index contributed by atoms with van der Waals surface area (Å²) in [7, 11) is 1.45. The average molecular weight is 413 g/mol. The molecule has 4 heteroatoms.